The number of halogens is 1. The van der Waals surface area contributed by atoms with Crippen LogP contribution < -0.4 is 10.1 Å². The number of furan rings is 1. The van der Waals surface area contributed by atoms with Crippen LogP contribution in [0.2, 0.25) is 0 Å². The van der Waals surface area contributed by atoms with Gasteiger partial charge in [0.25, 0.3) is 5.91 Å². The monoisotopic (exact) mass is 347 g/mol. The Labute approximate surface area is 143 Å². The van der Waals surface area contributed by atoms with Gasteiger partial charge in [-0.15, -0.1) is 0 Å². The van der Waals surface area contributed by atoms with Gasteiger partial charge in [0, 0.05) is 18.6 Å². The topological polar surface area (TPSA) is 88.8 Å². The zero-order valence-corrected chi connectivity index (χ0v) is 13.7. The number of rotatable bonds is 7. The third-order valence-electron chi connectivity index (χ3n) is 3.95. The number of anilines is 1. The number of nitrogens with one attached hydrogen (secondary N) is 1. The highest BCUT2D eigenvalue weighted by molar-refractivity contribution is 6.04. The molecule has 1 fully saturated rings. The molecule has 6 nitrogen and oxygen atoms in total. The molecule has 0 unspecified atom stereocenters. The van der Waals surface area contributed by atoms with Gasteiger partial charge in [0.2, 0.25) is 0 Å². The first-order chi connectivity index (χ1) is 12.0. The standard InChI is InChI=1S/C18H18FNO5/c1-2-14-12(18(22)23)8-16(25-14)17(21)20-13-6-5-11(19)7-15(13)24-9-10-3-4-10/h5-8,10H,2-4,9H2,1H3,(H,20,21)(H,22,23). The molecule has 1 aromatic heterocycles. The Morgan fingerprint density at radius 1 is 1.36 bits per heavy atom. The highest BCUT2D eigenvalue weighted by Gasteiger charge is 2.24. The Morgan fingerprint density at radius 2 is 2.12 bits per heavy atom. The molecule has 25 heavy (non-hydrogen) atoms. The predicted molar refractivity (Wildman–Crippen MR) is 87.6 cm³/mol. The number of hydrogen-bond acceptors (Lipinski definition) is 4. The van der Waals surface area contributed by atoms with E-state index in [1.165, 1.54) is 24.3 Å². The molecule has 2 aromatic rings. The van der Waals surface area contributed by atoms with Crippen molar-refractivity contribution in [3.63, 3.8) is 0 Å². The molecule has 0 radical (unpaired) electrons. The summed E-state index contributed by atoms with van der Waals surface area (Å²) < 4.78 is 24.4. The lowest BCUT2D eigenvalue weighted by atomic mass is 10.2. The first-order valence-corrected chi connectivity index (χ1v) is 8.07. The number of carbonyl (C=O) groups excluding carboxylic acids is 1. The number of carboxylic acids is 1. The van der Waals surface area contributed by atoms with Crippen molar-refractivity contribution in [1.82, 2.24) is 0 Å². The molecular formula is C18H18FNO5. The minimum Gasteiger partial charge on any atom is -0.491 e. The quantitative estimate of drug-likeness (QED) is 0.797. The summed E-state index contributed by atoms with van der Waals surface area (Å²) in [6.45, 7) is 2.20. The van der Waals surface area contributed by atoms with Crippen molar-refractivity contribution in [2.75, 3.05) is 11.9 Å². The van der Waals surface area contributed by atoms with Crippen molar-refractivity contribution in [2.24, 2.45) is 5.92 Å². The number of hydrogen-bond donors (Lipinski definition) is 2. The van der Waals surface area contributed by atoms with Gasteiger partial charge in [-0.05, 0) is 30.9 Å². The average molecular weight is 347 g/mol. The normalized spacial score (nSPS) is 13.5. The van der Waals surface area contributed by atoms with Crippen molar-refractivity contribution >= 4 is 17.6 Å². The summed E-state index contributed by atoms with van der Waals surface area (Å²) in [6, 6.07) is 5.00. The molecule has 0 saturated heterocycles. The van der Waals surface area contributed by atoms with E-state index in [-0.39, 0.29) is 22.8 Å². The van der Waals surface area contributed by atoms with E-state index in [9.17, 15) is 14.0 Å². The molecule has 1 amide bonds. The number of carbonyl (C=O) groups is 2. The summed E-state index contributed by atoms with van der Waals surface area (Å²) in [4.78, 5) is 23.5. The lowest BCUT2D eigenvalue weighted by Crippen LogP contribution is -2.13. The largest absolute Gasteiger partial charge is 0.491 e. The van der Waals surface area contributed by atoms with Crippen LogP contribution in [0.1, 0.15) is 46.4 Å². The molecule has 1 heterocycles. The van der Waals surface area contributed by atoms with Crippen LogP contribution in [0.25, 0.3) is 0 Å². The second-order valence-electron chi connectivity index (χ2n) is 5.96. The van der Waals surface area contributed by atoms with Crippen LogP contribution in [0.5, 0.6) is 5.75 Å². The molecular weight excluding hydrogens is 329 g/mol. The number of aryl methyl sites for hydroxylation is 1. The van der Waals surface area contributed by atoms with Crippen molar-refractivity contribution < 1.29 is 28.2 Å². The Bertz CT molecular complexity index is 810. The zero-order chi connectivity index (χ0) is 18.0. The van der Waals surface area contributed by atoms with Crippen LogP contribution in [0, 0.1) is 11.7 Å². The Hall–Kier alpha value is -2.83. The first kappa shape index (κ1) is 17.0. The van der Waals surface area contributed by atoms with E-state index in [0.717, 1.165) is 12.8 Å². The van der Waals surface area contributed by atoms with Gasteiger partial charge in [-0.25, -0.2) is 9.18 Å². The fourth-order valence-corrected chi connectivity index (χ4v) is 2.38. The fraction of sp³-hybridized carbons (Fsp3) is 0.333. The maximum absolute atomic E-state index is 13.5. The molecule has 0 aliphatic heterocycles. The van der Waals surface area contributed by atoms with Crippen molar-refractivity contribution in [3.8, 4) is 5.75 Å². The van der Waals surface area contributed by atoms with Gasteiger partial charge in [0.05, 0.1) is 12.3 Å². The van der Waals surface area contributed by atoms with Gasteiger partial charge < -0.3 is 19.6 Å². The molecule has 1 aliphatic carbocycles. The van der Waals surface area contributed by atoms with Crippen molar-refractivity contribution in [3.05, 3.63) is 47.2 Å². The maximum atomic E-state index is 13.5. The summed E-state index contributed by atoms with van der Waals surface area (Å²) in [5.41, 5.74) is 0.260. The van der Waals surface area contributed by atoms with Crippen LogP contribution in [0.15, 0.2) is 28.7 Å². The van der Waals surface area contributed by atoms with E-state index in [1.807, 2.05) is 0 Å². The third-order valence-corrected chi connectivity index (χ3v) is 3.95. The lowest BCUT2D eigenvalue weighted by molar-refractivity contribution is 0.0694. The second kappa shape index (κ2) is 6.96. The minimum absolute atomic E-state index is 0.0445. The van der Waals surface area contributed by atoms with E-state index < -0.39 is 17.7 Å². The predicted octanol–water partition coefficient (Wildman–Crippen LogP) is 3.72. The summed E-state index contributed by atoms with van der Waals surface area (Å²) in [7, 11) is 0. The summed E-state index contributed by atoms with van der Waals surface area (Å²) in [5.74, 6) is -1.43. The zero-order valence-electron chi connectivity index (χ0n) is 13.7. The highest BCUT2D eigenvalue weighted by atomic mass is 19.1. The van der Waals surface area contributed by atoms with Crippen LogP contribution in [-0.4, -0.2) is 23.6 Å². The van der Waals surface area contributed by atoms with Crippen molar-refractivity contribution in [2.45, 2.75) is 26.2 Å². The van der Waals surface area contributed by atoms with Crippen molar-refractivity contribution in [1.29, 1.82) is 0 Å². The van der Waals surface area contributed by atoms with E-state index >= 15 is 0 Å². The average Bonchev–Trinajstić information content (AvgIpc) is 3.30. The molecule has 7 heteroatoms. The number of benzene rings is 1. The summed E-state index contributed by atoms with van der Waals surface area (Å²) in [6.07, 6.45) is 2.52. The first-order valence-electron chi connectivity index (χ1n) is 8.07. The molecule has 0 spiro atoms. The molecule has 132 valence electrons. The molecule has 1 aromatic carbocycles. The van der Waals surface area contributed by atoms with E-state index in [0.29, 0.717) is 24.6 Å². The number of aromatic carboxylic acids is 1. The SMILES string of the molecule is CCc1oc(C(=O)Nc2ccc(F)cc2OCC2CC2)cc1C(=O)O. The van der Waals surface area contributed by atoms with Crippen LogP contribution in [0.3, 0.4) is 0 Å². The maximum Gasteiger partial charge on any atom is 0.339 e. The number of amides is 1. The highest BCUT2D eigenvalue weighted by Crippen LogP contribution is 2.32. The Kier molecular flexibility index (Phi) is 4.74. The van der Waals surface area contributed by atoms with Gasteiger partial charge in [-0.3, -0.25) is 4.79 Å². The molecule has 0 bridgehead atoms. The van der Waals surface area contributed by atoms with E-state index in [1.54, 1.807) is 6.92 Å². The third kappa shape index (κ3) is 3.99. The minimum atomic E-state index is -1.16. The van der Waals surface area contributed by atoms with Crippen LogP contribution in [0.4, 0.5) is 10.1 Å². The number of ether oxygens (including phenoxy) is 1. The molecule has 1 aliphatic rings. The molecule has 3 rings (SSSR count). The molecule has 0 atom stereocenters. The second-order valence-corrected chi connectivity index (χ2v) is 5.96. The fourth-order valence-electron chi connectivity index (χ4n) is 2.38. The number of carboxylic acid groups (broad SMARTS) is 1. The van der Waals surface area contributed by atoms with Gasteiger partial charge >= 0.3 is 5.97 Å². The smallest absolute Gasteiger partial charge is 0.339 e. The van der Waals surface area contributed by atoms with Gasteiger partial charge in [0.1, 0.15) is 22.9 Å². The van der Waals surface area contributed by atoms with Crippen LogP contribution in [-0.2, 0) is 6.42 Å². The summed E-state index contributed by atoms with van der Waals surface area (Å²) >= 11 is 0. The molecule has 2 N–H and O–H groups in total. The molecule has 1 saturated carbocycles. The Morgan fingerprint density at radius 3 is 2.72 bits per heavy atom. The summed E-state index contributed by atoms with van der Waals surface area (Å²) in [5, 5.41) is 11.7. The van der Waals surface area contributed by atoms with E-state index in [2.05, 4.69) is 5.32 Å². The van der Waals surface area contributed by atoms with Gasteiger partial charge in [-0.2, -0.15) is 0 Å². The van der Waals surface area contributed by atoms with Crippen LogP contribution >= 0.6 is 0 Å². The van der Waals surface area contributed by atoms with Gasteiger partial charge in [-0.1, -0.05) is 6.92 Å². The van der Waals surface area contributed by atoms with Gasteiger partial charge in [0.15, 0.2) is 5.76 Å². The Balaban J connectivity index is 1.79. The van der Waals surface area contributed by atoms with E-state index in [4.69, 9.17) is 14.3 Å². The lowest BCUT2D eigenvalue weighted by Gasteiger charge is -2.12.